The van der Waals surface area contributed by atoms with Gasteiger partial charge in [0, 0.05) is 6.07 Å². The number of nitrogens with one attached hydrogen (secondary N) is 1. The zero-order valence-electron chi connectivity index (χ0n) is 15.4. The van der Waals surface area contributed by atoms with Crippen LogP contribution >= 0.6 is 0 Å². The molecule has 0 saturated carbocycles. The van der Waals surface area contributed by atoms with E-state index in [9.17, 15) is 24.5 Å². The van der Waals surface area contributed by atoms with Gasteiger partial charge in [-0.2, -0.15) is 0 Å². The molecule has 0 aromatic heterocycles. The Kier molecular flexibility index (Phi) is 4.54. The molecule has 2 heterocycles. The van der Waals surface area contributed by atoms with Gasteiger partial charge in [0.15, 0.2) is 11.5 Å². The van der Waals surface area contributed by atoms with Crippen LogP contribution in [0.4, 0.5) is 16.2 Å². The summed E-state index contributed by atoms with van der Waals surface area (Å²) in [6, 6.07) is 7.59. The van der Waals surface area contributed by atoms with Gasteiger partial charge in [-0.3, -0.25) is 25.0 Å². The number of carbonyl (C=O) groups is 3. The molecule has 0 radical (unpaired) electrons. The van der Waals surface area contributed by atoms with Gasteiger partial charge in [-0.1, -0.05) is 6.07 Å². The van der Waals surface area contributed by atoms with E-state index >= 15 is 0 Å². The van der Waals surface area contributed by atoms with E-state index in [1.807, 2.05) is 0 Å². The van der Waals surface area contributed by atoms with E-state index < -0.39 is 34.0 Å². The lowest BCUT2D eigenvalue weighted by Crippen LogP contribution is -2.54. The van der Waals surface area contributed by atoms with Crippen molar-refractivity contribution in [3.8, 4) is 17.2 Å². The van der Waals surface area contributed by atoms with Crippen molar-refractivity contribution in [2.45, 2.75) is 0 Å². The fourth-order valence-electron chi connectivity index (χ4n) is 3.02. The molecule has 11 heteroatoms. The molecule has 0 spiro atoms. The molecule has 2 aliphatic rings. The average Bonchev–Trinajstić information content (AvgIpc) is 3.17. The number of fused-ring (bicyclic) bond motifs is 1. The number of nitro benzene ring substituents is 1. The second-order valence-corrected chi connectivity index (χ2v) is 6.18. The Labute approximate surface area is 168 Å². The molecule has 1 saturated heterocycles. The number of nitrogens with zero attached hydrogens (tertiary/aromatic N) is 2. The molecule has 0 atom stereocenters. The van der Waals surface area contributed by atoms with E-state index in [0.717, 1.165) is 17.0 Å². The zero-order chi connectivity index (χ0) is 21.4. The predicted octanol–water partition coefficient (Wildman–Crippen LogP) is 2.00. The molecule has 4 rings (SSSR count). The van der Waals surface area contributed by atoms with E-state index in [2.05, 4.69) is 5.32 Å². The normalized spacial score (nSPS) is 16.6. The lowest BCUT2D eigenvalue weighted by Gasteiger charge is -2.26. The summed E-state index contributed by atoms with van der Waals surface area (Å²) in [5.41, 5.74) is -0.741. The number of imide groups is 2. The maximum atomic E-state index is 13.0. The van der Waals surface area contributed by atoms with E-state index in [-0.39, 0.29) is 29.5 Å². The number of hydrogen-bond acceptors (Lipinski definition) is 8. The molecule has 2 aromatic rings. The van der Waals surface area contributed by atoms with Gasteiger partial charge in [0.25, 0.3) is 17.5 Å². The maximum absolute atomic E-state index is 13.0. The number of rotatable bonds is 4. The number of amides is 4. The number of hydrogen-bond donors (Lipinski definition) is 1. The predicted molar refractivity (Wildman–Crippen MR) is 101 cm³/mol. The van der Waals surface area contributed by atoms with Crippen LogP contribution in [0, 0.1) is 10.1 Å². The average molecular weight is 411 g/mol. The summed E-state index contributed by atoms with van der Waals surface area (Å²) < 4.78 is 15.4. The van der Waals surface area contributed by atoms with Gasteiger partial charge in [-0.05, 0) is 24.3 Å². The lowest BCUT2D eigenvalue weighted by atomic mass is 10.0. The highest BCUT2D eigenvalue weighted by molar-refractivity contribution is 6.39. The summed E-state index contributed by atoms with van der Waals surface area (Å²) in [6.45, 7) is -0.107. The number of nitro groups is 1. The first kappa shape index (κ1) is 18.9. The van der Waals surface area contributed by atoms with Gasteiger partial charge in [0.2, 0.25) is 6.79 Å². The van der Waals surface area contributed by atoms with Gasteiger partial charge >= 0.3 is 6.03 Å². The maximum Gasteiger partial charge on any atom is 0.335 e. The lowest BCUT2D eigenvalue weighted by molar-refractivity contribution is -0.385. The molecule has 0 unspecified atom stereocenters. The minimum absolute atomic E-state index is 0.0531. The van der Waals surface area contributed by atoms with Crippen LogP contribution < -0.4 is 24.4 Å². The van der Waals surface area contributed by atoms with Crippen LogP contribution in [0.25, 0.3) is 6.08 Å². The highest BCUT2D eigenvalue weighted by atomic mass is 16.7. The van der Waals surface area contributed by atoms with Crippen LogP contribution in [-0.4, -0.2) is 36.7 Å². The molecule has 0 aliphatic carbocycles. The Bertz CT molecular complexity index is 1140. The largest absolute Gasteiger partial charge is 0.497 e. The molecular formula is C19H13N3O8. The van der Waals surface area contributed by atoms with Gasteiger partial charge < -0.3 is 14.2 Å². The van der Waals surface area contributed by atoms with Crippen LogP contribution in [0.3, 0.4) is 0 Å². The minimum Gasteiger partial charge on any atom is -0.497 e. The summed E-state index contributed by atoms with van der Waals surface area (Å²) in [6.07, 6.45) is 1.04. The molecule has 4 amide bonds. The second kappa shape index (κ2) is 7.20. The fraction of sp³-hybridized carbons (Fsp3) is 0.105. The Morgan fingerprint density at radius 3 is 2.60 bits per heavy atom. The zero-order valence-corrected chi connectivity index (χ0v) is 15.4. The molecule has 0 bridgehead atoms. The molecule has 2 aliphatic heterocycles. The van der Waals surface area contributed by atoms with E-state index in [1.165, 1.54) is 25.3 Å². The van der Waals surface area contributed by atoms with Crippen molar-refractivity contribution >= 4 is 35.3 Å². The van der Waals surface area contributed by atoms with Crippen molar-refractivity contribution in [1.29, 1.82) is 0 Å². The first-order valence-electron chi connectivity index (χ1n) is 8.52. The first-order valence-corrected chi connectivity index (χ1v) is 8.52. The Morgan fingerprint density at radius 1 is 1.17 bits per heavy atom. The third kappa shape index (κ3) is 3.17. The molecule has 2 aromatic carbocycles. The minimum atomic E-state index is -0.976. The number of methoxy groups -OCH3 is 1. The summed E-state index contributed by atoms with van der Waals surface area (Å²) in [4.78, 5) is 49.1. The fourth-order valence-corrected chi connectivity index (χ4v) is 3.02. The smallest absolute Gasteiger partial charge is 0.335 e. The van der Waals surface area contributed by atoms with Crippen LogP contribution in [-0.2, 0) is 9.59 Å². The van der Waals surface area contributed by atoms with Crippen molar-refractivity contribution < 1.29 is 33.5 Å². The molecule has 152 valence electrons. The first-order chi connectivity index (χ1) is 14.4. The topological polar surface area (TPSA) is 137 Å². The standard InChI is InChI=1S/C19H13N3O8/c1-28-12-4-2-3-11(7-12)21-18(24)13(17(23)20-19(21)25)5-10-6-15-16(30-9-29-15)8-14(10)22(26)27/h2-8H,9H2,1H3,(H,20,23,25)/b13-5-. The molecular weight excluding hydrogens is 398 g/mol. The number of barbiturate groups is 1. The molecule has 1 N–H and O–H groups in total. The summed E-state index contributed by atoms with van der Waals surface area (Å²) in [5, 5.41) is 13.5. The van der Waals surface area contributed by atoms with E-state index in [1.54, 1.807) is 12.1 Å². The Balaban J connectivity index is 1.79. The van der Waals surface area contributed by atoms with Crippen molar-refractivity contribution in [1.82, 2.24) is 5.32 Å². The van der Waals surface area contributed by atoms with Crippen LogP contribution in [0.1, 0.15) is 5.56 Å². The van der Waals surface area contributed by atoms with Gasteiger partial charge in [0.1, 0.15) is 11.3 Å². The molecule has 30 heavy (non-hydrogen) atoms. The number of urea groups is 1. The quantitative estimate of drug-likeness (QED) is 0.349. The second-order valence-electron chi connectivity index (χ2n) is 6.18. The summed E-state index contributed by atoms with van der Waals surface area (Å²) in [5.74, 6) is -1.12. The Morgan fingerprint density at radius 2 is 1.90 bits per heavy atom. The summed E-state index contributed by atoms with van der Waals surface area (Å²) in [7, 11) is 1.42. The van der Waals surface area contributed by atoms with Crippen LogP contribution in [0.2, 0.25) is 0 Å². The number of ether oxygens (including phenoxy) is 3. The van der Waals surface area contributed by atoms with Gasteiger partial charge in [0.05, 0.1) is 29.4 Å². The van der Waals surface area contributed by atoms with Crippen molar-refractivity contribution in [3.63, 3.8) is 0 Å². The number of anilines is 1. The third-order valence-corrected chi connectivity index (χ3v) is 4.43. The highest BCUT2D eigenvalue weighted by Gasteiger charge is 2.37. The SMILES string of the molecule is COc1cccc(N2C(=O)NC(=O)/C(=C/c3cc4c(cc3[N+](=O)[O-])OCO4)C2=O)c1. The van der Waals surface area contributed by atoms with Crippen LogP contribution in [0.15, 0.2) is 42.0 Å². The van der Waals surface area contributed by atoms with Crippen molar-refractivity contribution in [2.24, 2.45) is 0 Å². The van der Waals surface area contributed by atoms with Crippen LogP contribution in [0.5, 0.6) is 17.2 Å². The highest BCUT2D eigenvalue weighted by Crippen LogP contribution is 2.39. The van der Waals surface area contributed by atoms with E-state index in [4.69, 9.17) is 14.2 Å². The Hall–Kier alpha value is -4.41. The molecule has 1 fully saturated rings. The number of benzene rings is 2. The van der Waals surface area contributed by atoms with Gasteiger partial charge in [-0.25, -0.2) is 9.69 Å². The molecule has 11 nitrogen and oxygen atoms in total. The third-order valence-electron chi connectivity index (χ3n) is 4.43. The van der Waals surface area contributed by atoms with E-state index in [0.29, 0.717) is 5.75 Å². The number of carbonyl (C=O) groups excluding carboxylic acids is 3. The van der Waals surface area contributed by atoms with Crippen molar-refractivity contribution in [3.05, 3.63) is 57.6 Å². The summed E-state index contributed by atoms with van der Waals surface area (Å²) >= 11 is 0. The van der Waals surface area contributed by atoms with Gasteiger partial charge in [-0.15, -0.1) is 0 Å². The monoisotopic (exact) mass is 411 g/mol. The van der Waals surface area contributed by atoms with Crippen molar-refractivity contribution in [2.75, 3.05) is 18.8 Å².